The lowest BCUT2D eigenvalue weighted by Crippen LogP contribution is -2.41. The molecular formula is C15H18F3NO4S. The highest BCUT2D eigenvalue weighted by Crippen LogP contribution is 2.37. The van der Waals surface area contributed by atoms with Gasteiger partial charge in [0.05, 0.1) is 16.4 Å². The number of alkyl halides is 3. The van der Waals surface area contributed by atoms with Crippen LogP contribution in [0.25, 0.3) is 0 Å². The van der Waals surface area contributed by atoms with Crippen molar-refractivity contribution in [3.05, 3.63) is 29.3 Å². The van der Waals surface area contributed by atoms with Gasteiger partial charge in [-0.25, -0.2) is 17.9 Å². The third-order valence-corrected chi connectivity index (χ3v) is 5.73. The molecule has 0 amide bonds. The zero-order chi connectivity index (χ0) is 18.1. The zero-order valence-corrected chi connectivity index (χ0v) is 13.7. The summed E-state index contributed by atoms with van der Waals surface area (Å²) in [5, 5.41) is 9.06. The number of halogens is 3. The monoisotopic (exact) mass is 365 g/mol. The van der Waals surface area contributed by atoms with Crippen molar-refractivity contribution >= 4 is 16.0 Å². The van der Waals surface area contributed by atoms with E-state index in [1.54, 1.807) is 0 Å². The molecule has 0 bridgehead atoms. The van der Waals surface area contributed by atoms with Crippen LogP contribution in [0.4, 0.5) is 13.2 Å². The molecule has 0 saturated heterocycles. The van der Waals surface area contributed by atoms with Crippen molar-refractivity contribution in [1.29, 1.82) is 0 Å². The van der Waals surface area contributed by atoms with Crippen LogP contribution in [0.15, 0.2) is 23.1 Å². The van der Waals surface area contributed by atoms with E-state index in [4.69, 9.17) is 5.11 Å². The van der Waals surface area contributed by atoms with Crippen LogP contribution in [0.1, 0.15) is 41.6 Å². The predicted molar refractivity (Wildman–Crippen MR) is 80.3 cm³/mol. The van der Waals surface area contributed by atoms with Crippen LogP contribution in [0.2, 0.25) is 0 Å². The minimum absolute atomic E-state index is 0.00454. The first-order valence-electron chi connectivity index (χ1n) is 7.43. The molecule has 0 spiro atoms. The summed E-state index contributed by atoms with van der Waals surface area (Å²) in [6, 6.07) is 2.81. The Bertz CT molecular complexity index is 731. The third-order valence-electron chi connectivity index (χ3n) is 4.21. The van der Waals surface area contributed by atoms with Gasteiger partial charge in [0.25, 0.3) is 0 Å². The van der Waals surface area contributed by atoms with Gasteiger partial charge in [-0.3, -0.25) is 0 Å². The van der Waals surface area contributed by atoms with Crippen LogP contribution < -0.4 is 4.72 Å². The van der Waals surface area contributed by atoms with Gasteiger partial charge in [-0.15, -0.1) is 0 Å². The summed E-state index contributed by atoms with van der Waals surface area (Å²) in [5.41, 5.74) is 0.242. The maximum atomic E-state index is 12.8. The second-order valence-electron chi connectivity index (χ2n) is 6.01. The Balaban J connectivity index is 2.20. The number of carboxylic acids is 1. The highest BCUT2D eigenvalue weighted by atomic mass is 32.2. The first-order valence-corrected chi connectivity index (χ1v) is 8.92. The van der Waals surface area contributed by atoms with E-state index in [0.717, 1.165) is 6.07 Å². The SMILES string of the molecule is Cc1ccc(S(=O)(=O)NC2CCCC(C(F)(F)F)C2)cc1C(=O)O. The number of carbonyl (C=O) groups is 1. The topological polar surface area (TPSA) is 83.5 Å². The van der Waals surface area contributed by atoms with Gasteiger partial charge >= 0.3 is 12.1 Å². The summed E-state index contributed by atoms with van der Waals surface area (Å²) >= 11 is 0. The standard InChI is InChI=1S/C15H18F3NO4S/c1-9-5-6-12(8-13(9)14(20)21)24(22,23)19-11-4-2-3-10(7-11)15(16,17)18/h5-6,8,10-11,19H,2-4,7H2,1H3,(H,20,21). The molecule has 1 saturated carbocycles. The number of rotatable bonds is 4. The van der Waals surface area contributed by atoms with Crippen molar-refractivity contribution in [2.24, 2.45) is 5.92 Å². The molecule has 2 unspecified atom stereocenters. The molecule has 134 valence electrons. The number of nitrogens with one attached hydrogen (secondary N) is 1. The number of aromatic carboxylic acids is 1. The highest BCUT2D eigenvalue weighted by molar-refractivity contribution is 7.89. The zero-order valence-electron chi connectivity index (χ0n) is 12.9. The van der Waals surface area contributed by atoms with Gasteiger partial charge in [-0.2, -0.15) is 13.2 Å². The van der Waals surface area contributed by atoms with E-state index in [-0.39, 0.29) is 29.7 Å². The number of hydrogen-bond donors (Lipinski definition) is 2. The summed E-state index contributed by atoms with van der Waals surface area (Å²) in [4.78, 5) is 10.8. The van der Waals surface area contributed by atoms with Crippen LogP contribution in [0.5, 0.6) is 0 Å². The lowest BCUT2D eigenvalue weighted by molar-refractivity contribution is -0.183. The quantitative estimate of drug-likeness (QED) is 0.859. The largest absolute Gasteiger partial charge is 0.478 e. The van der Waals surface area contributed by atoms with Crippen LogP contribution in [0.3, 0.4) is 0 Å². The van der Waals surface area contributed by atoms with E-state index in [2.05, 4.69) is 4.72 Å². The first kappa shape index (κ1) is 18.7. The van der Waals surface area contributed by atoms with E-state index < -0.39 is 34.1 Å². The van der Waals surface area contributed by atoms with Crippen molar-refractivity contribution in [2.75, 3.05) is 0 Å². The first-order chi connectivity index (χ1) is 11.0. The van der Waals surface area contributed by atoms with E-state index in [1.807, 2.05) is 0 Å². The fourth-order valence-corrected chi connectivity index (χ4v) is 4.19. The fourth-order valence-electron chi connectivity index (χ4n) is 2.88. The molecule has 0 radical (unpaired) electrons. The number of benzene rings is 1. The second-order valence-corrected chi connectivity index (χ2v) is 7.72. The third kappa shape index (κ3) is 4.27. The minimum atomic E-state index is -4.34. The van der Waals surface area contributed by atoms with Crippen LogP contribution >= 0.6 is 0 Å². The normalized spacial score (nSPS) is 22.3. The summed E-state index contributed by atoms with van der Waals surface area (Å²) < 4.78 is 65.4. The molecule has 1 aliphatic rings. The van der Waals surface area contributed by atoms with Crippen molar-refractivity contribution in [2.45, 2.75) is 49.7 Å². The van der Waals surface area contributed by atoms with Gasteiger partial charge in [0.2, 0.25) is 10.0 Å². The molecule has 0 aromatic heterocycles. The lowest BCUT2D eigenvalue weighted by atomic mass is 9.86. The van der Waals surface area contributed by atoms with Gasteiger partial charge in [0.15, 0.2) is 0 Å². The Labute approximate surface area is 137 Å². The van der Waals surface area contributed by atoms with Gasteiger partial charge in [0.1, 0.15) is 0 Å². The smallest absolute Gasteiger partial charge is 0.391 e. The second kappa shape index (κ2) is 6.72. The maximum Gasteiger partial charge on any atom is 0.391 e. The lowest BCUT2D eigenvalue weighted by Gasteiger charge is -2.30. The highest BCUT2D eigenvalue weighted by Gasteiger charge is 2.42. The number of aryl methyl sites for hydroxylation is 1. The Morgan fingerprint density at radius 1 is 1.29 bits per heavy atom. The molecule has 1 aromatic rings. The van der Waals surface area contributed by atoms with Crippen LogP contribution in [-0.2, 0) is 10.0 Å². The molecule has 0 heterocycles. The number of sulfonamides is 1. The Hall–Kier alpha value is -1.61. The average Bonchev–Trinajstić information content (AvgIpc) is 2.46. The molecule has 9 heteroatoms. The Morgan fingerprint density at radius 2 is 1.96 bits per heavy atom. The van der Waals surface area contributed by atoms with Gasteiger partial charge < -0.3 is 5.11 Å². The molecule has 1 aliphatic carbocycles. The molecular weight excluding hydrogens is 347 g/mol. The van der Waals surface area contributed by atoms with Gasteiger partial charge in [-0.05, 0) is 43.9 Å². The minimum Gasteiger partial charge on any atom is -0.478 e. The van der Waals surface area contributed by atoms with Crippen molar-refractivity contribution < 1.29 is 31.5 Å². The van der Waals surface area contributed by atoms with Crippen molar-refractivity contribution in [1.82, 2.24) is 4.72 Å². The number of hydrogen-bond acceptors (Lipinski definition) is 3. The molecule has 1 fully saturated rings. The van der Waals surface area contributed by atoms with Gasteiger partial charge in [0, 0.05) is 6.04 Å². The number of carboxylic acid groups (broad SMARTS) is 1. The van der Waals surface area contributed by atoms with Crippen molar-refractivity contribution in [3.63, 3.8) is 0 Å². The van der Waals surface area contributed by atoms with E-state index in [1.165, 1.54) is 19.1 Å². The van der Waals surface area contributed by atoms with Crippen LogP contribution in [-0.4, -0.2) is 31.7 Å². The summed E-state index contributed by atoms with van der Waals surface area (Å²) in [7, 11) is -4.08. The molecule has 1 aromatic carbocycles. The summed E-state index contributed by atoms with van der Waals surface area (Å²) in [6.45, 7) is 1.53. The molecule has 2 atom stereocenters. The molecule has 2 N–H and O–H groups in total. The molecule has 5 nitrogen and oxygen atoms in total. The van der Waals surface area contributed by atoms with Crippen molar-refractivity contribution in [3.8, 4) is 0 Å². The molecule has 2 rings (SSSR count). The van der Waals surface area contributed by atoms with E-state index >= 15 is 0 Å². The summed E-state index contributed by atoms with van der Waals surface area (Å²) in [6.07, 6.45) is -4.05. The van der Waals surface area contributed by atoms with Gasteiger partial charge in [-0.1, -0.05) is 12.5 Å². The van der Waals surface area contributed by atoms with E-state index in [9.17, 15) is 26.4 Å². The van der Waals surface area contributed by atoms with Crippen LogP contribution in [0, 0.1) is 12.8 Å². The maximum absolute atomic E-state index is 12.8. The average molecular weight is 365 g/mol. The van der Waals surface area contributed by atoms with E-state index in [0.29, 0.717) is 12.0 Å². The predicted octanol–water partition coefficient (Wildman–Crippen LogP) is 3.09. The molecule has 0 aliphatic heterocycles. The Kier molecular flexibility index (Phi) is 5.24. The molecule has 24 heavy (non-hydrogen) atoms. The summed E-state index contributed by atoms with van der Waals surface area (Å²) in [5.74, 6) is -2.79. The Morgan fingerprint density at radius 3 is 2.54 bits per heavy atom. The fraction of sp³-hybridized carbons (Fsp3) is 0.533.